The molecule has 0 amide bonds. The Labute approximate surface area is 162 Å². The average molecular weight is 405 g/mol. The molecule has 0 bridgehead atoms. The molecule has 0 spiro atoms. The fourth-order valence-electron chi connectivity index (χ4n) is 2.37. The van der Waals surface area contributed by atoms with Gasteiger partial charge in [0.1, 0.15) is 7.85 Å². The molecule has 0 heterocycles. The van der Waals surface area contributed by atoms with Gasteiger partial charge in [0.15, 0.2) is 5.60 Å². The van der Waals surface area contributed by atoms with Crippen LogP contribution in [0.15, 0.2) is 88.2 Å². The van der Waals surface area contributed by atoms with Crippen LogP contribution in [-0.2, 0) is 5.60 Å². The minimum Gasteiger partial charge on any atom is -0.369 e. The van der Waals surface area contributed by atoms with Crippen molar-refractivity contribution < 1.29 is 5.11 Å². The summed E-state index contributed by atoms with van der Waals surface area (Å²) in [5.74, 6) is 3.03. The summed E-state index contributed by atoms with van der Waals surface area (Å²) in [5, 5.41) is 14.4. The topological polar surface area (TPSA) is 20.2 Å². The molecule has 25 heavy (non-hydrogen) atoms. The van der Waals surface area contributed by atoms with Crippen molar-refractivity contribution in [1.29, 1.82) is 0 Å². The van der Waals surface area contributed by atoms with Crippen molar-refractivity contribution in [3.63, 3.8) is 0 Å². The fraction of sp³-hybridized carbons (Fsp3) is 0.0476. The molecule has 4 heteroatoms. The number of thioether (sulfide) groups is 1. The maximum atomic E-state index is 11.4. The van der Waals surface area contributed by atoms with Crippen molar-refractivity contribution in [2.75, 3.05) is 0 Å². The molecule has 1 N–H and O–H groups in total. The number of halogens is 1. The van der Waals surface area contributed by atoms with E-state index in [1.807, 2.05) is 54.6 Å². The van der Waals surface area contributed by atoms with E-state index in [-0.39, 0.29) is 0 Å². The first-order valence-electron chi connectivity index (χ1n) is 7.66. The van der Waals surface area contributed by atoms with Crippen molar-refractivity contribution in [3.05, 3.63) is 94.5 Å². The molecule has 1 nitrogen and oxygen atoms in total. The van der Waals surface area contributed by atoms with Crippen molar-refractivity contribution >= 4 is 41.0 Å². The molecular weight excluding hydrogens is 391 g/mol. The normalized spacial score (nSPS) is 12.7. The summed E-state index contributed by atoms with van der Waals surface area (Å²) in [4.78, 5) is 1.03. The van der Waals surface area contributed by atoms with Gasteiger partial charge in [0.25, 0.3) is 0 Å². The van der Waals surface area contributed by atoms with E-state index in [1.165, 1.54) is 11.8 Å². The highest BCUT2D eigenvalue weighted by Crippen LogP contribution is 2.30. The van der Waals surface area contributed by atoms with Gasteiger partial charge in [0.2, 0.25) is 0 Å². The Morgan fingerprint density at radius 2 is 1.40 bits per heavy atom. The van der Waals surface area contributed by atoms with Crippen LogP contribution in [0.1, 0.15) is 11.1 Å². The van der Waals surface area contributed by atoms with Crippen LogP contribution in [0, 0.1) is 11.2 Å². The molecule has 0 fully saturated rings. The lowest BCUT2D eigenvalue weighted by atomic mass is 9.85. The van der Waals surface area contributed by atoms with E-state index < -0.39 is 5.60 Å². The number of hydrogen-bond donors (Lipinski definition) is 1. The molecule has 1 atom stereocenters. The number of aliphatic hydroxyl groups is 1. The highest BCUT2D eigenvalue weighted by Gasteiger charge is 2.29. The van der Waals surface area contributed by atoms with Gasteiger partial charge in [-0.15, -0.1) is 0 Å². The maximum Gasteiger partial charge on any atom is 0.177 e. The SMILES string of the molecule is [B]c1ccc(C(O)(C#CSc2ccccc2)c2ccc(Br)cc2)cc1. The van der Waals surface area contributed by atoms with Crippen LogP contribution < -0.4 is 5.46 Å². The average Bonchev–Trinajstić information content (AvgIpc) is 2.63. The second-order valence-corrected chi connectivity index (χ2v) is 7.28. The number of benzene rings is 3. The Morgan fingerprint density at radius 1 is 0.840 bits per heavy atom. The Balaban J connectivity index is 2.00. The molecule has 0 saturated heterocycles. The molecule has 0 saturated carbocycles. The third kappa shape index (κ3) is 4.38. The third-order valence-electron chi connectivity index (χ3n) is 3.73. The van der Waals surface area contributed by atoms with Crippen molar-refractivity contribution in [3.8, 4) is 11.2 Å². The molecule has 0 aliphatic rings. The van der Waals surface area contributed by atoms with Gasteiger partial charge in [-0.2, -0.15) is 0 Å². The van der Waals surface area contributed by atoms with Gasteiger partial charge in [-0.1, -0.05) is 76.0 Å². The summed E-state index contributed by atoms with van der Waals surface area (Å²) >= 11 is 4.81. The van der Waals surface area contributed by atoms with Gasteiger partial charge in [0, 0.05) is 20.5 Å². The maximum absolute atomic E-state index is 11.4. The van der Waals surface area contributed by atoms with Gasteiger partial charge >= 0.3 is 0 Å². The highest BCUT2D eigenvalue weighted by molar-refractivity contribution is 9.10. The van der Waals surface area contributed by atoms with Crippen LogP contribution in [0.3, 0.4) is 0 Å². The summed E-state index contributed by atoms with van der Waals surface area (Å²) in [5.41, 5.74) is 0.635. The number of hydrogen-bond acceptors (Lipinski definition) is 2. The van der Waals surface area contributed by atoms with E-state index in [0.717, 1.165) is 9.37 Å². The molecule has 1 unspecified atom stereocenters. The fourth-order valence-corrected chi connectivity index (χ4v) is 3.25. The minimum absolute atomic E-state index is 0.647. The van der Waals surface area contributed by atoms with Gasteiger partial charge in [-0.05, 0) is 47.2 Å². The first kappa shape index (κ1) is 17.9. The lowest BCUT2D eigenvalue weighted by Crippen LogP contribution is -2.25. The molecule has 3 aromatic rings. The zero-order valence-electron chi connectivity index (χ0n) is 13.3. The Bertz CT molecular complexity index is 851. The number of rotatable bonds is 3. The lowest BCUT2D eigenvalue weighted by Gasteiger charge is -2.23. The van der Waals surface area contributed by atoms with Gasteiger partial charge in [0.05, 0.1) is 0 Å². The van der Waals surface area contributed by atoms with E-state index in [2.05, 4.69) is 27.1 Å². The van der Waals surface area contributed by atoms with Gasteiger partial charge in [-0.3, -0.25) is 0 Å². The second-order valence-electron chi connectivity index (χ2n) is 5.48. The van der Waals surface area contributed by atoms with Crippen molar-refractivity contribution in [2.24, 2.45) is 0 Å². The third-order valence-corrected chi connectivity index (χ3v) is 4.98. The van der Waals surface area contributed by atoms with Crippen LogP contribution >= 0.6 is 27.7 Å². The van der Waals surface area contributed by atoms with Gasteiger partial charge in [-0.25, -0.2) is 0 Å². The molecule has 3 rings (SSSR count). The van der Waals surface area contributed by atoms with E-state index in [0.29, 0.717) is 16.6 Å². The van der Waals surface area contributed by atoms with Gasteiger partial charge < -0.3 is 5.11 Å². The quantitative estimate of drug-likeness (QED) is 0.400. The predicted molar refractivity (Wildman–Crippen MR) is 109 cm³/mol. The highest BCUT2D eigenvalue weighted by atomic mass is 79.9. The van der Waals surface area contributed by atoms with Crippen LogP contribution in [-0.4, -0.2) is 13.0 Å². The second kappa shape index (κ2) is 7.97. The molecule has 0 aliphatic carbocycles. The lowest BCUT2D eigenvalue weighted by molar-refractivity contribution is 0.145. The largest absolute Gasteiger partial charge is 0.369 e. The summed E-state index contributed by atoms with van der Waals surface area (Å²) in [6.07, 6.45) is 0. The van der Waals surface area contributed by atoms with E-state index >= 15 is 0 Å². The monoisotopic (exact) mass is 404 g/mol. The molecule has 3 aromatic carbocycles. The summed E-state index contributed by atoms with van der Waals surface area (Å²) in [7, 11) is 5.78. The zero-order chi connectivity index (χ0) is 17.7. The summed E-state index contributed by atoms with van der Waals surface area (Å²) in [6, 6.07) is 24.5. The molecule has 120 valence electrons. The first-order valence-corrected chi connectivity index (χ1v) is 9.27. The van der Waals surface area contributed by atoms with Crippen LogP contribution in [0.25, 0.3) is 0 Å². The van der Waals surface area contributed by atoms with Crippen molar-refractivity contribution in [1.82, 2.24) is 0 Å². The summed E-state index contributed by atoms with van der Waals surface area (Å²) in [6.45, 7) is 0. The Morgan fingerprint density at radius 3 is 2.00 bits per heavy atom. The smallest absolute Gasteiger partial charge is 0.177 e. The van der Waals surface area contributed by atoms with Crippen LogP contribution in [0.4, 0.5) is 0 Å². The standard InChI is InChI=1S/C21H14BBrOS/c22-18-10-6-16(7-11-18)21(24,17-8-12-19(23)13-9-17)14-15-25-20-4-2-1-3-5-20/h1-13,24H. The molecule has 2 radical (unpaired) electrons. The Hall–Kier alpha value is -1.93. The van der Waals surface area contributed by atoms with E-state index in [9.17, 15) is 5.11 Å². The zero-order valence-corrected chi connectivity index (χ0v) is 15.7. The molecule has 0 aromatic heterocycles. The van der Waals surface area contributed by atoms with Crippen LogP contribution in [0.5, 0.6) is 0 Å². The van der Waals surface area contributed by atoms with Crippen LogP contribution in [0.2, 0.25) is 0 Å². The molecular formula is C21H14BBrOS. The van der Waals surface area contributed by atoms with E-state index in [4.69, 9.17) is 7.85 Å². The molecule has 0 aliphatic heterocycles. The minimum atomic E-state index is -1.41. The van der Waals surface area contributed by atoms with E-state index in [1.54, 1.807) is 24.3 Å². The predicted octanol–water partition coefficient (Wildman–Crippen LogP) is 4.23. The Kier molecular flexibility index (Phi) is 5.70. The first-order chi connectivity index (χ1) is 12.1. The summed E-state index contributed by atoms with van der Waals surface area (Å²) < 4.78 is 0.947. The van der Waals surface area contributed by atoms with Crippen molar-refractivity contribution in [2.45, 2.75) is 10.5 Å².